The number of rotatable bonds is 6. The minimum Gasteiger partial charge on any atom is -0.872 e. The van der Waals surface area contributed by atoms with Crippen molar-refractivity contribution < 1.29 is 52.1 Å². The van der Waals surface area contributed by atoms with Gasteiger partial charge in [0.15, 0.2) is 0 Å². The van der Waals surface area contributed by atoms with Crippen LogP contribution < -0.4 is 19.3 Å². The largest absolute Gasteiger partial charge is 0.872 e. The van der Waals surface area contributed by atoms with Gasteiger partial charge in [0, 0.05) is 0 Å². The number of aromatic hydroxyl groups is 2. The number of benzene rings is 4. The Morgan fingerprint density at radius 1 is 0.647 bits per heavy atom. The van der Waals surface area contributed by atoms with Crippen LogP contribution in [-0.2, 0) is 26.2 Å². The van der Waals surface area contributed by atoms with Crippen LogP contribution in [0.3, 0.4) is 0 Å². The normalized spacial score (nSPS) is 18.9. The molecule has 271 valence electrons. The van der Waals surface area contributed by atoms with Gasteiger partial charge in [0.25, 0.3) is 0 Å². The van der Waals surface area contributed by atoms with Crippen LogP contribution in [-0.4, -0.2) is 56.1 Å². The van der Waals surface area contributed by atoms with E-state index in [-0.39, 0.29) is 16.6 Å². The maximum absolute atomic E-state index is 11.2. The van der Waals surface area contributed by atoms with Gasteiger partial charge in [-0.25, -0.2) is 0 Å². The van der Waals surface area contributed by atoms with E-state index in [1.807, 2.05) is 54.6 Å². The standard InChI is InChI=1S/C30H42N2O4.C12H10O2.Mn/c1-29(2,3)23-15-21(35-7)13-19(27(23)33)17-31-25-11-9-10-12-26(25)32-18-20-14-22(36-8)16-24(28(20)34)30(4,5)6;13-10-6-8-12(9-7-10)14-11-4-2-1-3-5-11;/h13-18,25-26,33-34H,9-12H2,1-8H3;1-9,13H;/q;;+2/p-1. The maximum Gasteiger partial charge on any atom is 0.127 e. The Balaban J connectivity index is 0.000000299. The van der Waals surface area contributed by atoms with E-state index in [1.165, 1.54) is 25.0 Å². The first kappa shape index (κ1) is 37.8. The Labute approximate surface area is 309 Å². The fourth-order valence-corrected chi connectivity index (χ4v) is 8.19. The van der Waals surface area contributed by atoms with Crippen LogP contribution in [0.5, 0.6) is 40.2 Å². The number of ether oxygens (including phenoxy) is 3. The second kappa shape index (κ2) is 15.8. The monoisotopic (exact) mass is 734 g/mol. The van der Waals surface area contributed by atoms with Crippen LogP contribution in [0.4, 0.5) is 0 Å². The molecule has 1 aliphatic heterocycles. The summed E-state index contributed by atoms with van der Waals surface area (Å²) in [7, 11) is 3.33. The third-order valence-electron chi connectivity index (χ3n) is 9.14. The second-order valence-corrected chi connectivity index (χ2v) is 16.5. The summed E-state index contributed by atoms with van der Waals surface area (Å²) in [5.74, 6) is 3.56. The predicted molar refractivity (Wildman–Crippen MR) is 196 cm³/mol. The van der Waals surface area contributed by atoms with E-state index in [0.717, 1.165) is 52.3 Å². The van der Waals surface area contributed by atoms with E-state index in [0.29, 0.717) is 44.7 Å². The molecule has 1 saturated carbocycles. The van der Waals surface area contributed by atoms with Gasteiger partial charge in [0.05, 0.1) is 0 Å². The van der Waals surface area contributed by atoms with Gasteiger partial charge in [-0.05, 0) is 24.3 Å². The number of methoxy groups -OCH3 is 2. The van der Waals surface area contributed by atoms with Crippen molar-refractivity contribution in [2.75, 3.05) is 14.2 Å². The molecule has 2 fully saturated rings. The average molecular weight is 735 g/mol. The number of hydrogen-bond acceptors (Lipinski definition) is 6. The molecule has 4 aromatic rings. The average Bonchev–Trinajstić information content (AvgIpc) is 3.43. The molecule has 2 aliphatic rings. The first-order chi connectivity index (χ1) is 24.2. The van der Waals surface area contributed by atoms with Gasteiger partial charge >= 0.3 is 229 Å². The summed E-state index contributed by atoms with van der Waals surface area (Å²) in [6.07, 6.45) is 8.81. The van der Waals surface area contributed by atoms with Crippen molar-refractivity contribution >= 4 is 12.4 Å². The Morgan fingerprint density at radius 3 is 1.49 bits per heavy atom. The van der Waals surface area contributed by atoms with Gasteiger partial charge in [-0.15, -0.1) is 5.75 Å². The third-order valence-corrected chi connectivity index (χ3v) is 10.8. The van der Waals surface area contributed by atoms with E-state index < -0.39 is 0 Å². The van der Waals surface area contributed by atoms with Crippen molar-refractivity contribution in [3.8, 4) is 40.2 Å². The topological polar surface area (TPSA) is 97.2 Å². The fourth-order valence-electron chi connectivity index (χ4n) is 6.35. The summed E-state index contributed by atoms with van der Waals surface area (Å²) in [6.45, 7) is 12.6. The number of nitrogens with zero attached hydrogens (tertiary/aromatic N) is 2. The molecule has 0 amide bonds. The zero-order chi connectivity index (χ0) is 36.9. The first-order valence-corrected chi connectivity index (χ1v) is 18.5. The van der Waals surface area contributed by atoms with Crippen molar-refractivity contribution in [1.82, 2.24) is 0 Å². The number of phenolic OH excluding ortho intramolecular Hbond substituents is 2. The SMILES string of the molecule is COc1cc(C=[N+]2[Mn][N+](=Cc3cc(OC)cc(C(C)(C)C)c3O)C3CCCCC32)c(O)c(C(C)(C)C)c1.[O-]c1ccc(Oc2ccccc2)cc1. The van der Waals surface area contributed by atoms with Gasteiger partial charge in [0.1, 0.15) is 11.5 Å². The molecule has 1 aliphatic carbocycles. The fraction of sp³-hybridized carbons (Fsp3) is 0.381. The van der Waals surface area contributed by atoms with Crippen LogP contribution in [0.15, 0.2) is 78.9 Å². The van der Waals surface area contributed by atoms with E-state index >= 15 is 0 Å². The molecule has 1 saturated heterocycles. The molecule has 0 aromatic heterocycles. The summed E-state index contributed by atoms with van der Waals surface area (Å²) in [6, 6.07) is 24.2. The minimum absolute atomic E-state index is 0.00888. The zero-order valence-corrected chi connectivity index (χ0v) is 32.1. The Morgan fingerprint density at radius 2 is 1.08 bits per heavy atom. The quantitative estimate of drug-likeness (QED) is 0.195. The molecule has 51 heavy (non-hydrogen) atoms. The van der Waals surface area contributed by atoms with Crippen LogP contribution >= 0.6 is 0 Å². The van der Waals surface area contributed by atoms with Crippen LogP contribution in [0.1, 0.15) is 89.5 Å². The number of para-hydroxylation sites is 1. The molecule has 8 nitrogen and oxygen atoms in total. The Kier molecular flexibility index (Phi) is 11.7. The van der Waals surface area contributed by atoms with E-state index in [2.05, 4.69) is 61.2 Å². The van der Waals surface area contributed by atoms with Gasteiger partial charge in [-0.2, -0.15) is 0 Å². The van der Waals surface area contributed by atoms with Gasteiger partial charge in [-0.3, -0.25) is 0 Å². The minimum atomic E-state index is -0.212. The third kappa shape index (κ3) is 9.26. The van der Waals surface area contributed by atoms with Crippen LogP contribution in [0, 0.1) is 0 Å². The van der Waals surface area contributed by atoms with Crippen molar-refractivity contribution in [2.24, 2.45) is 0 Å². The van der Waals surface area contributed by atoms with Gasteiger partial charge in [-0.1, -0.05) is 30.3 Å². The van der Waals surface area contributed by atoms with E-state index in [4.69, 9.17) is 14.2 Å². The maximum atomic E-state index is 11.2. The first-order valence-electron chi connectivity index (χ1n) is 17.4. The summed E-state index contributed by atoms with van der Waals surface area (Å²) in [4.78, 5) is 0. The van der Waals surface area contributed by atoms with Crippen molar-refractivity contribution in [3.05, 3.63) is 101 Å². The summed E-state index contributed by atoms with van der Waals surface area (Å²) < 4.78 is 21.4. The molecule has 2 unspecified atom stereocenters. The van der Waals surface area contributed by atoms with Crippen molar-refractivity contribution in [3.63, 3.8) is 0 Å². The predicted octanol–water partition coefficient (Wildman–Crippen LogP) is 8.06. The smallest absolute Gasteiger partial charge is 0.127 e. The van der Waals surface area contributed by atoms with E-state index in [1.54, 1.807) is 26.4 Å². The number of phenols is 2. The van der Waals surface area contributed by atoms with Gasteiger partial charge in [0.2, 0.25) is 0 Å². The summed E-state index contributed by atoms with van der Waals surface area (Å²) >= 11 is 0.323. The second-order valence-electron chi connectivity index (χ2n) is 15.1. The van der Waals surface area contributed by atoms with Crippen LogP contribution in [0.2, 0.25) is 0 Å². The number of hydrogen-bond donors (Lipinski definition) is 2. The van der Waals surface area contributed by atoms with Crippen LogP contribution in [0.25, 0.3) is 0 Å². The van der Waals surface area contributed by atoms with Gasteiger partial charge < -0.3 is 9.84 Å². The molecule has 6 rings (SSSR count). The Hall–Kier alpha value is -4.46. The summed E-state index contributed by atoms with van der Waals surface area (Å²) in [5.41, 5.74) is 2.89. The molecule has 0 spiro atoms. The molecule has 0 radical (unpaired) electrons. The molecule has 9 heteroatoms. The van der Waals surface area contributed by atoms with Crippen molar-refractivity contribution in [1.29, 1.82) is 0 Å². The zero-order valence-electron chi connectivity index (χ0n) is 30.9. The molecule has 2 N–H and O–H groups in total. The van der Waals surface area contributed by atoms with Crippen molar-refractivity contribution in [2.45, 2.75) is 90.1 Å². The summed E-state index contributed by atoms with van der Waals surface area (Å²) in [5, 5.41) is 33.3. The molecule has 1 heterocycles. The molecule has 4 aromatic carbocycles. The number of fused-ring (bicyclic) bond motifs is 1. The molecular weight excluding hydrogens is 683 g/mol. The molecular formula is C42H51MnN2O6+. The molecule has 2 atom stereocenters. The van der Waals surface area contributed by atoms with E-state index in [9.17, 15) is 15.3 Å². The Bertz CT molecular complexity index is 1780. The molecule has 0 bridgehead atoms.